The van der Waals surface area contributed by atoms with Crippen LogP contribution in [0.25, 0.3) is 5.69 Å². The van der Waals surface area contributed by atoms with Crippen molar-refractivity contribution in [2.75, 3.05) is 40.5 Å². The lowest BCUT2D eigenvalue weighted by Gasteiger charge is -2.21. The van der Waals surface area contributed by atoms with Crippen molar-refractivity contribution in [2.24, 2.45) is 10.9 Å². The maximum atomic E-state index is 5.74. The van der Waals surface area contributed by atoms with Crippen LogP contribution in [0.4, 0.5) is 0 Å². The topological polar surface area (TPSA) is 63.9 Å². The summed E-state index contributed by atoms with van der Waals surface area (Å²) in [6, 6.07) is 9.82. The van der Waals surface area contributed by atoms with E-state index in [2.05, 4.69) is 22.2 Å². The summed E-state index contributed by atoms with van der Waals surface area (Å²) in [5.74, 6) is 2.50. The summed E-state index contributed by atoms with van der Waals surface area (Å²) < 4.78 is 12.8. The molecule has 1 heterocycles. The van der Waals surface area contributed by atoms with Crippen molar-refractivity contribution in [2.45, 2.75) is 26.3 Å². The van der Waals surface area contributed by atoms with Crippen molar-refractivity contribution in [3.8, 4) is 11.4 Å². The first-order valence-corrected chi connectivity index (χ1v) is 9.95. The highest BCUT2D eigenvalue weighted by molar-refractivity contribution is 14.0. The Morgan fingerprint density at radius 3 is 2.69 bits per heavy atom. The smallest absolute Gasteiger partial charge is 0.194 e. The number of guanidine groups is 1. The van der Waals surface area contributed by atoms with Gasteiger partial charge in [-0.05, 0) is 56.0 Å². The number of nitrogens with one attached hydrogen (secondary N) is 1. The van der Waals surface area contributed by atoms with Crippen LogP contribution in [0.3, 0.4) is 0 Å². The van der Waals surface area contributed by atoms with Gasteiger partial charge in [0.1, 0.15) is 5.75 Å². The van der Waals surface area contributed by atoms with Crippen LogP contribution < -0.4 is 10.1 Å². The van der Waals surface area contributed by atoms with Gasteiger partial charge < -0.3 is 19.7 Å². The maximum absolute atomic E-state index is 5.74. The zero-order valence-corrected chi connectivity index (χ0v) is 19.8. The van der Waals surface area contributed by atoms with E-state index in [-0.39, 0.29) is 24.0 Å². The molecule has 0 spiro atoms. The summed E-state index contributed by atoms with van der Waals surface area (Å²) >= 11 is 0. The highest BCUT2D eigenvalue weighted by Crippen LogP contribution is 2.28. The van der Waals surface area contributed by atoms with Crippen LogP contribution in [-0.4, -0.2) is 61.1 Å². The number of nitrogens with zero attached hydrogens (tertiary/aromatic N) is 4. The molecule has 1 fully saturated rings. The average Bonchev–Trinajstić information content (AvgIpc) is 3.43. The monoisotopic (exact) mass is 513 g/mol. The van der Waals surface area contributed by atoms with Crippen molar-refractivity contribution in [1.29, 1.82) is 0 Å². The van der Waals surface area contributed by atoms with Gasteiger partial charge in [-0.25, -0.2) is 9.67 Å². The molecule has 0 radical (unpaired) electrons. The molecule has 1 aliphatic carbocycles. The van der Waals surface area contributed by atoms with Crippen LogP contribution in [0.2, 0.25) is 0 Å². The molecule has 8 heteroatoms. The fraction of sp³-hybridized carbons (Fsp3) is 0.524. The summed E-state index contributed by atoms with van der Waals surface area (Å²) in [6.45, 7) is 5.86. The Bertz CT molecular complexity index is 759. The summed E-state index contributed by atoms with van der Waals surface area (Å²) in [7, 11) is 3.70. The van der Waals surface area contributed by atoms with Crippen molar-refractivity contribution in [3.63, 3.8) is 0 Å². The molecule has 2 aromatic rings. The minimum atomic E-state index is 0. The molecule has 1 saturated carbocycles. The van der Waals surface area contributed by atoms with Gasteiger partial charge in [-0.3, -0.25) is 0 Å². The highest BCUT2D eigenvalue weighted by atomic mass is 127. The standard InChI is InChI=1S/C21H31N5O2.HI/c1-4-22-21(25(2)13-14-28-16-17-5-6-17)23-15-18-11-12-26(24-18)19-7-9-20(27-3)10-8-19;/h7-12,17H,4-6,13-16H2,1-3H3,(H,22,23);1H. The largest absolute Gasteiger partial charge is 0.497 e. The molecule has 1 N–H and O–H groups in total. The van der Waals surface area contributed by atoms with Gasteiger partial charge in [0.15, 0.2) is 5.96 Å². The second-order valence-corrected chi connectivity index (χ2v) is 7.06. The second-order valence-electron chi connectivity index (χ2n) is 7.06. The number of aromatic nitrogens is 2. The Morgan fingerprint density at radius 2 is 2.03 bits per heavy atom. The van der Waals surface area contributed by atoms with Crippen LogP contribution in [0, 0.1) is 5.92 Å². The maximum Gasteiger partial charge on any atom is 0.194 e. The first-order valence-electron chi connectivity index (χ1n) is 9.95. The summed E-state index contributed by atoms with van der Waals surface area (Å²) in [5.41, 5.74) is 1.91. The molecule has 1 aliphatic rings. The first-order chi connectivity index (χ1) is 13.7. The molecular weight excluding hydrogens is 481 g/mol. The predicted molar refractivity (Wildman–Crippen MR) is 127 cm³/mol. The predicted octanol–water partition coefficient (Wildman–Crippen LogP) is 3.32. The van der Waals surface area contributed by atoms with E-state index in [4.69, 9.17) is 14.5 Å². The van der Waals surface area contributed by atoms with Crippen LogP contribution in [0.15, 0.2) is 41.5 Å². The van der Waals surface area contributed by atoms with Crippen molar-refractivity contribution in [3.05, 3.63) is 42.2 Å². The van der Waals surface area contributed by atoms with E-state index < -0.39 is 0 Å². The number of ether oxygens (including phenoxy) is 2. The number of methoxy groups -OCH3 is 1. The van der Waals surface area contributed by atoms with Gasteiger partial charge in [-0.2, -0.15) is 5.10 Å². The number of benzene rings is 1. The van der Waals surface area contributed by atoms with Crippen LogP contribution in [0.1, 0.15) is 25.5 Å². The summed E-state index contributed by atoms with van der Waals surface area (Å²) in [6.07, 6.45) is 4.60. The zero-order chi connectivity index (χ0) is 19.8. The van der Waals surface area contributed by atoms with Gasteiger partial charge in [0.2, 0.25) is 0 Å². The lowest BCUT2D eigenvalue weighted by atomic mass is 10.3. The molecule has 0 bridgehead atoms. The molecule has 0 unspecified atom stereocenters. The van der Waals surface area contributed by atoms with Crippen LogP contribution in [-0.2, 0) is 11.3 Å². The molecule has 1 aromatic heterocycles. The lowest BCUT2D eigenvalue weighted by Crippen LogP contribution is -2.40. The number of aliphatic imine (C=N–C) groups is 1. The van der Waals surface area contributed by atoms with E-state index in [1.807, 2.05) is 48.3 Å². The van der Waals surface area contributed by atoms with Gasteiger partial charge in [0.05, 0.1) is 31.6 Å². The SMILES string of the molecule is CCNC(=NCc1ccn(-c2ccc(OC)cc2)n1)N(C)CCOCC1CC1.I. The molecule has 0 aliphatic heterocycles. The van der Waals surface area contributed by atoms with E-state index in [1.165, 1.54) is 12.8 Å². The van der Waals surface area contributed by atoms with E-state index in [9.17, 15) is 0 Å². The molecular formula is C21H32IN5O2. The van der Waals surface area contributed by atoms with Crippen molar-refractivity contribution < 1.29 is 9.47 Å². The Hall–Kier alpha value is -1.81. The number of hydrogen-bond acceptors (Lipinski definition) is 4. The Balaban J connectivity index is 0.00000300. The molecule has 0 saturated heterocycles. The number of hydrogen-bond donors (Lipinski definition) is 1. The minimum absolute atomic E-state index is 0. The molecule has 29 heavy (non-hydrogen) atoms. The third kappa shape index (κ3) is 7.50. The zero-order valence-electron chi connectivity index (χ0n) is 17.5. The van der Waals surface area contributed by atoms with Gasteiger partial charge in [0.25, 0.3) is 0 Å². The van der Waals surface area contributed by atoms with Crippen molar-refractivity contribution >= 4 is 29.9 Å². The van der Waals surface area contributed by atoms with E-state index in [1.54, 1.807) is 7.11 Å². The molecule has 1 aromatic carbocycles. The van der Waals surface area contributed by atoms with Gasteiger partial charge >= 0.3 is 0 Å². The Labute approximate surface area is 190 Å². The fourth-order valence-electron chi connectivity index (χ4n) is 2.79. The summed E-state index contributed by atoms with van der Waals surface area (Å²) in [4.78, 5) is 6.83. The van der Waals surface area contributed by atoms with Gasteiger partial charge in [-0.15, -0.1) is 24.0 Å². The first kappa shape index (κ1) is 23.5. The molecule has 3 rings (SSSR count). The highest BCUT2D eigenvalue weighted by Gasteiger charge is 2.21. The Morgan fingerprint density at radius 1 is 1.28 bits per heavy atom. The minimum Gasteiger partial charge on any atom is -0.497 e. The van der Waals surface area contributed by atoms with Gasteiger partial charge in [0, 0.05) is 32.9 Å². The molecule has 0 atom stereocenters. The van der Waals surface area contributed by atoms with E-state index in [0.29, 0.717) is 6.54 Å². The molecule has 160 valence electrons. The lowest BCUT2D eigenvalue weighted by molar-refractivity contribution is 0.115. The van der Waals surface area contributed by atoms with E-state index >= 15 is 0 Å². The third-order valence-corrected chi connectivity index (χ3v) is 4.69. The molecule has 0 amide bonds. The average molecular weight is 513 g/mol. The number of rotatable bonds is 10. The Kier molecular flexibility index (Phi) is 9.72. The van der Waals surface area contributed by atoms with Crippen molar-refractivity contribution in [1.82, 2.24) is 20.0 Å². The normalized spacial score (nSPS) is 13.7. The number of likely N-dealkylation sites (N-methyl/N-ethyl adjacent to an activating group) is 1. The van der Waals surface area contributed by atoms with Crippen LogP contribution >= 0.6 is 24.0 Å². The third-order valence-electron chi connectivity index (χ3n) is 4.69. The quantitative estimate of drug-likeness (QED) is 0.229. The van der Waals surface area contributed by atoms with E-state index in [0.717, 1.165) is 55.3 Å². The van der Waals surface area contributed by atoms with Crippen LogP contribution in [0.5, 0.6) is 5.75 Å². The van der Waals surface area contributed by atoms with Gasteiger partial charge in [-0.1, -0.05) is 0 Å². The fourth-order valence-corrected chi connectivity index (χ4v) is 2.79. The summed E-state index contributed by atoms with van der Waals surface area (Å²) in [5, 5.41) is 7.96. The number of halogens is 1. The second kappa shape index (κ2) is 12.0. The molecule has 7 nitrogen and oxygen atoms in total.